The standard InChI is InChI=1S/C9H9N3O2/c1-2-14-9(13)6-3-4-12-8(11)7(6)5-10/h3-4H,2H2,1H3,(H2,11,12). The Morgan fingerprint density at radius 2 is 2.50 bits per heavy atom. The molecule has 0 fully saturated rings. The first kappa shape index (κ1) is 9.99. The number of esters is 1. The fourth-order valence-electron chi connectivity index (χ4n) is 0.974. The third kappa shape index (κ3) is 1.80. The molecule has 0 bridgehead atoms. The van der Waals surface area contributed by atoms with E-state index < -0.39 is 5.97 Å². The molecule has 0 aliphatic heterocycles. The predicted molar refractivity (Wildman–Crippen MR) is 49.3 cm³/mol. The van der Waals surface area contributed by atoms with E-state index in [9.17, 15) is 4.79 Å². The van der Waals surface area contributed by atoms with Gasteiger partial charge in [-0.05, 0) is 13.0 Å². The summed E-state index contributed by atoms with van der Waals surface area (Å²) in [4.78, 5) is 15.0. The van der Waals surface area contributed by atoms with Crippen LogP contribution in [0.25, 0.3) is 0 Å². The highest BCUT2D eigenvalue weighted by atomic mass is 16.5. The number of aromatic nitrogens is 1. The van der Waals surface area contributed by atoms with Crippen molar-refractivity contribution in [1.29, 1.82) is 5.26 Å². The number of rotatable bonds is 2. The van der Waals surface area contributed by atoms with Crippen molar-refractivity contribution < 1.29 is 9.53 Å². The number of anilines is 1. The summed E-state index contributed by atoms with van der Waals surface area (Å²) in [5, 5.41) is 8.74. The lowest BCUT2D eigenvalue weighted by Crippen LogP contribution is -2.09. The van der Waals surface area contributed by atoms with Crippen LogP contribution in [-0.4, -0.2) is 17.6 Å². The first-order valence-electron chi connectivity index (χ1n) is 4.02. The summed E-state index contributed by atoms with van der Waals surface area (Å²) in [6.45, 7) is 1.94. The van der Waals surface area contributed by atoms with Crippen molar-refractivity contribution in [2.24, 2.45) is 0 Å². The molecular weight excluding hydrogens is 182 g/mol. The molecule has 1 heterocycles. The average Bonchev–Trinajstić information content (AvgIpc) is 2.17. The second-order valence-electron chi connectivity index (χ2n) is 2.45. The van der Waals surface area contributed by atoms with Crippen LogP contribution in [0.1, 0.15) is 22.8 Å². The Balaban J connectivity index is 3.15. The van der Waals surface area contributed by atoms with Crippen LogP contribution in [0.5, 0.6) is 0 Å². The van der Waals surface area contributed by atoms with Crippen LogP contribution >= 0.6 is 0 Å². The third-order valence-electron chi connectivity index (χ3n) is 1.59. The van der Waals surface area contributed by atoms with Crippen molar-refractivity contribution in [3.8, 4) is 6.07 Å². The fraction of sp³-hybridized carbons (Fsp3) is 0.222. The van der Waals surface area contributed by atoms with Gasteiger partial charge >= 0.3 is 5.97 Å². The summed E-state index contributed by atoms with van der Waals surface area (Å²) in [5.41, 5.74) is 5.64. The van der Waals surface area contributed by atoms with Gasteiger partial charge in [-0.1, -0.05) is 0 Å². The molecule has 1 aromatic rings. The Hall–Kier alpha value is -2.09. The molecule has 72 valence electrons. The monoisotopic (exact) mass is 191 g/mol. The summed E-state index contributed by atoms with van der Waals surface area (Å²) in [6, 6.07) is 3.22. The molecule has 5 nitrogen and oxygen atoms in total. The number of carbonyl (C=O) groups is 1. The Morgan fingerprint density at radius 3 is 3.07 bits per heavy atom. The lowest BCUT2D eigenvalue weighted by atomic mass is 10.1. The van der Waals surface area contributed by atoms with E-state index in [0.717, 1.165) is 0 Å². The quantitative estimate of drug-likeness (QED) is 0.695. The van der Waals surface area contributed by atoms with Crippen LogP contribution in [0.2, 0.25) is 0 Å². The van der Waals surface area contributed by atoms with Crippen LogP contribution in [0.3, 0.4) is 0 Å². The normalized spacial score (nSPS) is 9.14. The highest BCUT2D eigenvalue weighted by Crippen LogP contribution is 2.13. The molecule has 2 N–H and O–H groups in total. The summed E-state index contributed by atoms with van der Waals surface area (Å²) in [6.07, 6.45) is 1.36. The lowest BCUT2D eigenvalue weighted by molar-refractivity contribution is 0.0526. The van der Waals surface area contributed by atoms with Crippen molar-refractivity contribution >= 4 is 11.8 Å². The van der Waals surface area contributed by atoms with Crippen LogP contribution in [0.4, 0.5) is 5.82 Å². The highest BCUT2D eigenvalue weighted by molar-refractivity contribution is 5.93. The number of hydrogen-bond donors (Lipinski definition) is 1. The number of nitrogen functional groups attached to an aromatic ring is 1. The molecule has 1 rings (SSSR count). The zero-order valence-electron chi connectivity index (χ0n) is 7.65. The number of nitrogens with two attached hydrogens (primary N) is 1. The van der Waals surface area contributed by atoms with Gasteiger partial charge < -0.3 is 10.5 Å². The minimum absolute atomic E-state index is 0.0399. The predicted octanol–water partition coefficient (Wildman–Crippen LogP) is 0.712. The smallest absolute Gasteiger partial charge is 0.339 e. The molecule has 0 amide bonds. The van der Waals surface area contributed by atoms with E-state index >= 15 is 0 Å². The molecule has 1 aromatic heterocycles. The van der Waals surface area contributed by atoms with Gasteiger partial charge in [0.2, 0.25) is 0 Å². The van der Waals surface area contributed by atoms with Gasteiger partial charge in [-0.2, -0.15) is 5.26 Å². The average molecular weight is 191 g/mol. The molecule has 0 unspecified atom stereocenters. The van der Waals surface area contributed by atoms with Crippen LogP contribution in [0.15, 0.2) is 12.3 Å². The molecule has 0 radical (unpaired) electrons. The number of ether oxygens (including phenoxy) is 1. The summed E-state index contributed by atoms with van der Waals surface area (Å²) in [5.74, 6) is -0.517. The maximum Gasteiger partial charge on any atom is 0.339 e. The molecule has 0 aliphatic carbocycles. The summed E-state index contributed by atoms with van der Waals surface area (Å²) in [7, 11) is 0. The maximum absolute atomic E-state index is 11.3. The van der Waals surface area contributed by atoms with E-state index in [2.05, 4.69) is 4.98 Å². The van der Waals surface area contributed by atoms with E-state index in [0.29, 0.717) is 0 Å². The number of hydrogen-bond acceptors (Lipinski definition) is 5. The van der Waals surface area contributed by atoms with Crippen molar-refractivity contribution in [2.45, 2.75) is 6.92 Å². The second kappa shape index (κ2) is 4.23. The van der Waals surface area contributed by atoms with E-state index in [1.54, 1.807) is 6.92 Å². The second-order valence-corrected chi connectivity index (χ2v) is 2.45. The van der Waals surface area contributed by atoms with E-state index in [1.165, 1.54) is 12.3 Å². The SMILES string of the molecule is CCOC(=O)c1ccnc(N)c1C#N. The van der Waals surface area contributed by atoms with Gasteiger partial charge in [0.25, 0.3) is 0 Å². The van der Waals surface area contributed by atoms with Crippen molar-refractivity contribution in [3.63, 3.8) is 0 Å². The fourth-order valence-corrected chi connectivity index (χ4v) is 0.974. The van der Waals surface area contributed by atoms with Crippen molar-refractivity contribution in [3.05, 3.63) is 23.4 Å². The molecule has 5 heteroatoms. The minimum atomic E-state index is -0.557. The van der Waals surface area contributed by atoms with Gasteiger partial charge in [-0.25, -0.2) is 9.78 Å². The zero-order chi connectivity index (χ0) is 10.6. The lowest BCUT2D eigenvalue weighted by Gasteiger charge is -2.04. The van der Waals surface area contributed by atoms with Gasteiger partial charge in [0.05, 0.1) is 12.2 Å². The van der Waals surface area contributed by atoms with Crippen molar-refractivity contribution in [1.82, 2.24) is 4.98 Å². The molecule has 0 aromatic carbocycles. The Labute approximate surface area is 81.1 Å². The van der Waals surface area contributed by atoms with E-state index in [-0.39, 0.29) is 23.6 Å². The molecule has 0 spiro atoms. The number of carbonyl (C=O) groups excluding carboxylic acids is 1. The van der Waals surface area contributed by atoms with Crippen LogP contribution < -0.4 is 5.73 Å². The Kier molecular flexibility index (Phi) is 3.02. The van der Waals surface area contributed by atoms with Gasteiger partial charge in [0.15, 0.2) is 0 Å². The Bertz CT molecular complexity index is 396. The van der Waals surface area contributed by atoms with Gasteiger partial charge in [-0.3, -0.25) is 0 Å². The number of nitrogens with zero attached hydrogens (tertiary/aromatic N) is 2. The Morgan fingerprint density at radius 1 is 1.79 bits per heavy atom. The number of pyridine rings is 1. The summed E-state index contributed by atoms with van der Waals surface area (Å²) >= 11 is 0. The zero-order valence-corrected chi connectivity index (χ0v) is 7.65. The largest absolute Gasteiger partial charge is 0.462 e. The molecule has 14 heavy (non-hydrogen) atoms. The van der Waals surface area contributed by atoms with Gasteiger partial charge in [0, 0.05) is 6.20 Å². The third-order valence-corrected chi connectivity index (χ3v) is 1.59. The van der Waals surface area contributed by atoms with Crippen LogP contribution in [0, 0.1) is 11.3 Å². The molecule has 0 aliphatic rings. The molecule has 0 atom stereocenters. The highest BCUT2D eigenvalue weighted by Gasteiger charge is 2.14. The van der Waals surface area contributed by atoms with Crippen molar-refractivity contribution in [2.75, 3.05) is 12.3 Å². The van der Waals surface area contributed by atoms with Crippen LogP contribution in [-0.2, 0) is 4.74 Å². The maximum atomic E-state index is 11.3. The first-order chi connectivity index (χ1) is 6.70. The van der Waals surface area contributed by atoms with Gasteiger partial charge in [0.1, 0.15) is 17.5 Å². The molecular formula is C9H9N3O2. The topological polar surface area (TPSA) is 89.0 Å². The number of nitriles is 1. The van der Waals surface area contributed by atoms with E-state index in [4.69, 9.17) is 15.7 Å². The van der Waals surface area contributed by atoms with Gasteiger partial charge in [-0.15, -0.1) is 0 Å². The molecule has 0 saturated carbocycles. The first-order valence-corrected chi connectivity index (χ1v) is 4.02. The minimum Gasteiger partial charge on any atom is -0.462 e. The van der Waals surface area contributed by atoms with E-state index in [1.807, 2.05) is 6.07 Å². The summed E-state index contributed by atoms with van der Waals surface area (Å²) < 4.78 is 4.75. The molecule has 0 saturated heterocycles.